The third-order valence-corrected chi connectivity index (χ3v) is 5.06. The smallest absolute Gasteiger partial charge is 0.269 e. The number of hydrogen-bond donors (Lipinski definition) is 2. The third-order valence-electron chi connectivity index (χ3n) is 5.06. The molecule has 158 valence electrons. The van der Waals surface area contributed by atoms with Crippen molar-refractivity contribution in [1.82, 2.24) is 10.9 Å². The van der Waals surface area contributed by atoms with E-state index >= 15 is 0 Å². The second-order valence-electron chi connectivity index (χ2n) is 6.97. The van der Waals surface area contributed by atoms with Gasteiger partial charge in [0.05, 0.1) is 20.1 Å². The number of anilines is 1. The van der Waals surface area contributed by atoms with Crippen molar-refractivity contribution in [2.24, 2.45) is 5.92 Å². The van der Waals surface area contributed by atoms with Gasteiger partial charge in [-0.25, -0.2) is 0 Å². The van der Waals surface area contributed by atoms with Crippen LogP contribution in [-0.2, 0) is 16.0 Å². The van der Waals surface area contributed by atoms with E-state index in [1.807, 2.05) is 24.3 Å². The lowest BCUT2D eigenvalue weighted by molar-refractivity contribution is -0.126. The number of amides is 3. The Morgan fingerprint density at radius 3 is 2.23 bits per heavy atom. The third kappa shape index (κ3) is 4.71. The summed E-state index contributed by atoms with van der Waals surface area (Å²) in [5.41, 5.74) is 7.00. The van der Waals surface area contributed by atoms with Gasteiger partial charge in [-0.3, -0.25) is 25.2 Å². The normalized spacial score (nSPS) is 15.6. The predicted molar refractivity (Wildman–Crippen MR) is 111 cm³/mol. The Kier molecular flexibility index (Phi) is 6.56. The van der Waals surface area contributed by atoms with Crippen molar-refractivity contribution in [2.45, 2.75) is 19.8 Å². The van der Waals surface area contributed by atoms with Crippen LogP contribution in [0.1, 0.15) is 29.3 Å². The Bertz CT molecular complexity index is 920. The standard InChI is InChI=1S/C22H25N3O5/c1-4-14-5-7-17(8-6-14)25-13-16(11-20(25)26)22(28)24-23-21(27)15-9-18(29-2)12-19(10-15)30-3/h5-10,12,16H,4,11,13H2,1-3H3,(H,23,27)(H,24,28)/t16-/m0/s1. The molecule has 0 radical (unpaired) electrons. The largest absolute Gasteiger partial charge is 0.497 e. The quantitative estimate of drug-likeness (QED) is 0.710. The van der Waals surface area contributed by atoms with E-state index in [9.17, 15) is 14.4 Å². The van der Waals surface area contributed by atoms with Gasteiger partial charge in [-0.2, -0.15) is 0 Å². The molecule has 8 nitrogen and oxygen atoms in total. The van der Waals surface area contributed by atoms with Gasteiger partial charge in [0.15, 0.2) is 0 Å². The maximum atomic E-state index is 12.5. The zero-order valence-corrected chi connectivity index (χ0v) is 17.2. The molecule has 2 aromatic carbocycles. The van der Waals surface area contributed by atoms with Gasteiger partial charge in [0.1, 0.15) is 11.5 Å². The summed E-state index contributed by atoms with van der Waals surface area (Å²) in [6.45, 7) is 2.32. The second kappa shape index (κ2) is 9.30. The van der Waals surface area contributed by atoms with Crippen LogP contribution in [0, 0.1) is 5.92 Å². The summed E-state index contributed by atoms with van der Waals surface area (Å²) < 4.78 is 10.3. The van der Waals surface area contributed by atoms with Gasteiger partial charge >= 0.3 is 0 Å². The van der Waals surface area contributed by atoms with Gasteiger partial charge in [-0.1, -0.05) is 19.1 Å². The van der Waals surface area contributed by atoms with Crippen LogP contribution in [0.4, 0.5) is 5.69 Å². The maximum Gasteiger partial charge on any atom is 0.269 e. The second-order valence-corrected chi connectivity index (χ2v) is 6.97. The Morgan fingerprint density at radius 2 is 1.67 bits per heavy atom. The number of aryl methyl sites for hydroxylation is 1. The molecule has 0 saturated carbocycles. The highest BCUT2D eigenvalue weighted by Gasteiger charge is 2.35. The summed E-state index contributed by atoms with van der Waals surface area (Å²) >= 11 is 0. The van der Waals surface area contributed by atoms with Crippen molar-refractivity contribution in [3.8, 4) is 11.5 Å². The van der Waals surface area contributed by atoms with E-state index in [2.05, 4.69) is 17.8 Å². The zero-order chi connectivity index (χ0) is 21.7. The molecule has 1 aliphatic rings. The number of carbonyl (C=O) groups excluding carboxylic acids is 3. The van der Waals surface area contributed by atoms with Crippen molar-refractivity contribution in [3.63, 3.8) is 0 Å². The van der Waals surface area contributed by atoms with Gasteiger partial charge in [0.2, 0.25) is 11.8 Å². The summed E-state index contributed by atoms with van der Waals surface area (Å²) in [6.07, 6.45) is 1.00. The van der Waals surface area contributed by atoms with Crippen LogP contribution in [0.2, 0.25) is 0 Å². The lowest BCUT2D eigenvalue weighted by atomic mass is 10.1. The van der Waals surface area contributed by atoms with E-state index in [0.717, 1.165) is 12.1 Å². The van der Waals surface area contributed by atoms with E-state index in [0.29, 0.717) is 11.5 Å². The van der Waals surface area contributed by atoms with E-state index in [-0.39, 0.29) is 24.4 Å². The van der Waals surface area contributed by atoms with Crippen molar-refractivity contribution in [1.29, 1.82) is 0 Å². The molecular weight excluding hydrogens is 386 g/mol. The summed E-state index contributed by atoms with van der Waals surface area (Å²) in [5.74, 6) is -0.697. The lowest BCUT2D eigenvalue weighted by Gasteiger charge is -2.17. The minimum atomic E-state index is -0.552. The molecule has 3 rings (SSSR count). The fourth-order valence-corrected chi connectivity index (χ4v) is 3.28. The number of benzene rings is 2. The topological polar surface area (TPSA) is 97.0 Å². The Morgan fingerprint density at radius 1 is 1.03 bits per heavy atom. The first kappa shape index (κ1) is 21.2. The molecule has 8 heteroatoms. The summed E-state index contributed by atoms with van der Waals surface area (Å²) in [5, 5.41) is 0. The van der Waals surface area contributed by atoms with Crippen LogP contribution in [-0.4, -0.2) is 38.5 Å². The number of rotatable bonds is 6. The summed E-state index contributed by atoms with van der Waals surface area (Å²) in [4.78, 5) is 38.9. The maximum absolute atomic E-state index is 12.5. The van der Waals surface area contributed by atoms with E-state index in [1.165, 1.54) is 31.9 Å². The number of carbonyl (C=O) groups is 3. The van der Waals surface area contributed by atoms with Crippen LogP contribution in [0.3, 0.4) is 0 Å². The van der Waals surface area contributed by atoms with Crippen molar-refractivity contribution in [3.05, 3.63) is 53.6 Å². The molecule has 2 N–H and O–H groups in total. The first-order chi connectivity index (χ1) is 14.4. The number of nitrogens with zero attached hydrogens (tertiary/aromatic N) is 1. The number of hydrogen-bond acceptors (Lipinski definition) is 5. The highest BCUT2D eigenvalue weighted by atomic mass is 16.5. The lowest BCUT2D eigenvalue weighted by Crippen LogP contribution is -2.45. The van der Waals surface area contributed by atoms with Crippen LogP contribution in [0.25, 0.3) is 0 Å². The highest BCUT2D eigenvalue weighted by Crippen LogP contribution is 2.26. The number of methoxy groups -OCH3 is 2. The molecule has 1 saturated heterocycles. The fraction of sp³-hybridized carbons (Fsp3) is 0.318. The molecule has 0 spiro atoms. The van der Waals surface area contributed by atoms with E-state index in [1.54, 1.807) is 11.0 Å². The van der Waals surface area contributed by atoms with E-state index in [4.69, 9.17) is 9.47 Å². The van der Waals surface area contributed by atoms with Gasteiger partial charge in [-0.15, -0.1) is 0 Å². The molecule has 0 bridgehead atoms. The molecule has 30 heavy (non-hydrogen) atoms. The summed E-state index contributed by atoms with van der Waals surface area (Å²) in [7, 11) is 2.97. The molecule has 1 fully saturated rings. The van der Waals surface area contributed by atoms with Crippen molar-refractivity contribution in [2.75, 3.05) is 25.7 Å². The Hall–Kier alpha value is -3.55. The Labute approximate surface area is 175 Å². The molecule has 0 unspecified atom stereocenters. The zero-order valence-electron chi connectivity index (χ0n) is 17.2. The number of nitrogens with one attached hydrogen (secondary N) is 2. The van der Waals surface area contributed by atoms with Crippen molar-refractivity contribution < 1.29 is 23.9 Å². The van der Waals surface area contributed by atoms with Gasteiger partial charge < -0.3 is 14.4 Å². The van der Waals surface area contributed by atoms with Gasteiger partial charge in [0.25, 0.3) is 5.91 Å². The molecule has 2 aromatic rings. The number of hydrazine groups is 1. The van der Waals surface area contributed by atoms with E-state index < -0.39 is 17.7 Å². The molecular formula is C22H25N3O5. The first-order valence-corrected chi connectivity index (χ1v) is 9.67. The molecule has 0 aromatic heterocycles. The van der Waals surface area contributed by atoms with Crippen LogP contribution < -0.4 is 25.2 Å². The Balaban J connectivity index is 1.60. The fourth-order valence-electron chi connectivity index (χ4n) is 3.28. The van der Waals surface area contributed by atoms with Crippen molar-refractivity contribution >= 4 is 23.4 Å². The minimum Gasteiger partial charge on any atom is -0.497 e. The van der Waals surface area contributed by atoms with Crippen LogP contribution in [0.5, 0.6) is 11.5 Å². The monoisotopic (exact) mass is 411 g/mol. The molecule has 1 heterocycles. The first-order valence-electron chi connectivity index (χ1n) is 9.67. The molecule has 3 amide bonds. The molecule has 1 atom stereocenters. The average Bonchev–Trinajstić information content (AvgIpc) is 3.18. The highest BCUT2D eigenvalue weighted by molar-refractivity contribution is 6.01. The predicted octanol–water partition coefficient (Wildman–Crippen LogP) is 2.08. The van der Waals surface area contributed by atoms with Gasteiger partial charge in [-0.05, 0) is 36.2 Å². The number of ether oxygens (including phenoxy) is 2. The van der Waals surface area contributed by atoms with Crippen LogP contribution >= 0.6 is 0 Å². The molecule has 0 aliphatic carbocycles. The van der Waals surface area contributed by atoms with Crippen LogP contribution in [0.15, 0.2) is 42.5 Å². The average molecular weight is 411 g/mol. The molecule has 1 aliphatic heterocycles. The van der Waals surface area contributed by atoms with Gasteiger partial charge in [0, 0.05) is 30.3 Å². The summed E-state index contributed by atoms with van der Waals surface area (Å²) in [6, 6.07) is 12.4. The minimum absolute atomic E-state index is 0.0875. The SMILES string of the molecule is CCc1ccc(N2C[C@@H](C(=O)NNC(=O)c3cc(OC)cc(OC)c3)CC2=O)cc1.